The normalized spacial score (nSPS) is 23.7. The second kappa shape index (κ2) is 4.42. The van der Waals surface area contributed by atoms with Crippen LogP contribution >= 0.6 is 11.6 Å². The van der Waals surface area contributed by atoms with Crippen LogP contribution in [0.25, 0.3) is 0 Å². The molecule has 0 spiro atoms. The molecule has 1 fully saturated rings. The maximum atomic E-state index is 13.3. The Labute approximate surface area is 98.8 Å². The summed E-state index contributed by atoms with van der Waals surface area (Å²) in [6.07, 6.45) is 1.93. The molecular weight excluding hydrogens is 229 g/mol. The van der Waals surface area contributed by atoms with Crippen LogP contribution < -0.4 is 5.32 Å². The molecule has 1 aromatic rings. The largest absolute Gasteiger partial charge is 0.349 e. The summed E-state index contributed by atoms with van der Waals surface area (Å²) in [5.74, 6) is -0.263. The van der Waals surface area contributed by atoms with E-state index in [-0.39, 0.29) is 17.5 Å². The molecule has 0 aliphatic heterocycles. The van der Waals surface area contributed by atoms with Crippen LogP contribution in [-0.4, -0.2) is 11.9 Å². The van der Waals surface area contributed by atoms with Gasteiger partial charge in [0, 0.05) is 11.1 Å². The molecule has 0 heterocycles. The first-order chi connectivity index (χ1) is 7.56. The fraction of sp³-hybridized carbons (Fsp3) is 0.417. The number of nitrogens with one attached hydrogen (secondary N) is 1. The van der Waals surface area contributed by atoms with Crippen molar-refractivity contribution in [2.75, 3.05) is 0 Å². The Balaban J connectivity index is 2.05. The molecule has 4 heteroatoms. The smallest absolute Gasteiger partial charge is 0.254 e. The second-order valence-corrected chi connectivity index (χ2v) is 4.81. The SMILES string of the molecule is CC1CC(NC(=O)c2cc(Cl)ccc2F)C1. The molecule has 16 heavy (non-hydrogen) atoms. The van der Waals surface area contributed by atoms with Crippen LogP contribution in [0, 0.1) is 11.7 Å². The first-order valence-corrected chi connectivity index (χ1v) is 5.70. The zero-order chi connectivity index (χ0) is 11.7. The number of amides is 1. The van der Waals surface area contributed by atoms with Crippen LogP contribution in [0.2, 0.25) is 5.02 Å². The molecule has 0 atom stereocenters. The standard InChI is InChI=1S/C12H13ClFNO/c1-7-4-9(5-7)15-12(16)10-6-8(13)2-3-11(10)14/h2-3,6-7,9H,4-5H2,1H3,(H,15,16). The van der Waals surface area contributed by atoms with E-state index in [1.165, 1.54) is 18.2 Å². The van der Waals surface area contributed by atoms with Crippen molar-refractivity contribution in [3.05, 3.63) is 34.6 Å². The summed E-state index contributed by atoms with van der Waals surface area (Å²) in [5, 5.41) is 3.16. The predicted molar refractivity (Wildman–Crippen MR) is 61.1 cm³/mol. The van der Waals surface area contributed by atoms with Crippen molar-refractivity contribution >= 4 is 17.5 Å². The Kier molecular flexibility index (Phi) is 3.15. The van der Waals surface area contributed by atoms with Gasteiger partial charge in [-0.25, -0.2) is 4.39 Å². The van der Waals surface area contributed by atoms with Crippen molar-refractivity contribution in [3.8, 4) is 0 Å². The van der Waals surface area contributed by atoms with E-state index in [2.05, 4.69) is 12.2 Å². The summed E-state index contributed by atoms with van der Waals surface area (Å²) in [6.45, 7) is 2.13. The average molecular weight is 242 g/mol. The molecule has 0 unspecified atom stereocenters. The van der Waals surface area contributed by atoms with E-state index in [1.54, 1.807) is 0 Å². The molecule has 1 aromatic carbocycles. The topological polar surface area (TPSA) is 29.1 Å². The highest BCUT2D eigenvalue weighted by molar-refractivity contribution is 6.31. The Bertz CT molecular complexity index is 415. The van der Waals surface area contributed by atoms with Gasteiger partial charge in [-0.3, -0.25) is 4.79 Å². The minimum absolute atomic E-state index is 0.0204. The highest BCUT2D eigenvalue weighted by Gasteiger charge is 2.27. The predicted octanol–water partition coefficient (Wildman–Crippen LogP) is 3.01. The fourth-order valence-corrected chi connectivity index (χ4v) is 2.13. The summed E-state index contributed by atoms with van der Waals surface area (Å²) in [4.78, 5) is 11.7. The molecule has 1 aliphatic rings. The number of rotatable bonds is 2. The van der Waals surface area contributed by atoms with Gasteiger partial charge in [-0.1, -0.05) is 18.5 Å². The average Bonchev–Trinajstić information content (AvgIpc) is 2.19. The van der Waals surface area contributed by atoms with Crippen molar-refractivity contribution in [2.24, 2.45) is 5.92 Å². The van der Waals surface area contributed by atoms with Crippen molar-refractivity contribution in [1.82, 2.24) is 5.32 Å². The first-order valence-electron chi connectivity index (χ1n) is 5.32. The number of hydrogen-bond donors (Lipinski definition) is 1. The van der Waals surface area contributed by atoms with E-state index in [9.17, 15) is 9.18 Å². The molecule has 1 amide bonds. The summed E-state index contributed by atoms with van der Waals surface area (Å²) < 4.78 is 13.3. The first kappa shape index (κ1) is 11.4. The molecule has 1 saturated carbocycles. The summed E-state index contributed by atoms with van der Waals surface area (Å²) in [7, 11) is 0. The van der Waals surface area contributed by atoms with E-state index in [4.69, 9.17) is 11.6 Å². The van der Waals surface area contributed by atoms with Crippen LogP contribution in [-0.2, 0) is 0 Å². The second-order valence-electron chi connectivity index (χ2n) is 4.37. The van der Waals surface area contributed by atoms with Gasteiger partial charge in [0.1, 0.15) is 5.82 Å². The lowest BCUT2D eigenvalue weighted by Crippen LogP contribution is -2.43. The third-order valence-electron chi connectivity index (χ3n) is 2.88. The molecule has 2 rings (SSSR count). The highest BCUT2D eigenvalue weighted by atomic mass is 35.5. The third kappa shape index (κ3) is 2.35. The molecule has 2 nitrogen and oxygen atoms in total. The Morgan fingerprint density at radius 2 is 2.19 bits per heavy atom. The monoisotopic (exact) mass is 241 g/mol. The number of carbonyl (C=O) groups excluding carboxylic acids is 1. The van der Waals surface area contributed by atoms with Gasteiger partial charge in [0.05, 0.1) is 5.56 Å². The zero-order valence-electron chi connectivity index (χ0n) is 8.97. The minimum atomic E-state index is -0.533. The van der Waals surface area contributed by atoms with Crippen molar-refractivity contribution in [1.29, 1.82) is 0 Å². The number of benzene rings is 1. The maximum absolute atomic E-state index is 13.3. The van der Waals surface area contributed by atoms with Gasteiger partial charge >= 0.3 is 0 Å². The van der Waals surface area contributed by atoms with Crippen molar-refractivity contribution in [2.45, 2.75) is 25.8 Å². The highest BCUT2D eigenvalue weighted by Crippen LogP contribution is 2.26. The minimum Gasteiger partial charge on any atom is -0.349 e. The molecule has 86 valence electrons. The quantitative estimate of drug-likeness (QED) is 0.847. The van der Waals surface area contributed by atoms with Crippen LogP contribution in [0.1, 0.15) is 30.1 Å². The van der Waals surface area contributed by atoms with Crippen LogP contribution in [0.3, 0.4) is 0 Å². The molecule has 0 saturated heterocycles. The van der Waals surface area contributed by atoms with E-state index in [0.717, 1.165) is 12.8 Å². The van der Waals surface area contributed by atoms with Crippen LogP contribution in [0.15, 0.2) is 18.2 Å². The Morgan fingerprint density at radius 3 is 2.81 bits per heavy atom. The Morgan fingerprint density at radius 1 is 1.50 bits per heavy atom. The molecular formula is C12H13ClFNO. The lowest BCUT2D eigenvalue weighted by Gasteiger charge is -2.33. The fourth-order valence-electron chi connectivity index (χ4n) is 1.95. The molecule has 0 aromatic heterocycles. The van der Waals surface area contributed by atoms with Gasteiger partial charge < -0.3 is 5.32 Å². The van der Waals surface area contributed by atoms with Crippen molar-refractivity contribution < 1.29 is 9.18 Å². The van der Waals surface area contributed by atoms with Crippen LogP contribution in [0.4, 0.5) is 4.39 Å². The van der Waals surface area contributed by atoms with E-state index >= 15 is 0 Å². The van der Waals surface area contributed by atoms with Gasteiger partial charge in [0.15, 0.2) is 0 Å². The number of carbonyl (C=O) groups is 1. The van der Waals surface area contributed by atoms with Gasteiger partial charge in [-0.2, -0.15) is 0 Å². The maximum Gasteiger partial charge on any atom is 0.254 e. The van der Waals surface area contributed by atoms with Gasteiger partial charge in [-0.15, -0.1) is 0 Å². The molecule has 0 radical (unpaired) electrons. The van der Waals surface area contributed by atoms with E-state index < -0.39 is 5.82 Å². The molecule has 1 N–H and O–H groups in total. The van der Waals surface area contributed by atoms with Gasteiger partial charge in [0.25, 0.3) is 5.91 Å². The number of hydrogen-bond acceptors (Lipinski definition) is 1. The zero-order valence-corrected chi connectivity index (χ0v) is 9.72. The van der Waals surface area contributed by atoms with Gasteiger partial charge in [-0.05, 0) is 37.0 Å². The van der Waals surface area contributed by atoms with Crippen molar-refractivity contribution in [3.63, 3.8) is 0 Å². The summed E-state index contributed by atoms with van der Waals surface area (Å²) in [6, 6.07) is 4.18. The Hall–Kier alpha value is -1.09. The van der Waals surface area contributed by atoms with Gasteiger partial charge in [0.2, 0.25) is 0 Å². The third-order valence-corrected chi connectivity index (χ3v) is 3.12. The summed E-state index contributed by atoms with van der Waals surface area (Å²) in [5.41, 5.74) is 0.0204. The van der Waals surface area contributed by atoms with E-state index in [0.29, 0.717) is 10.9 Å². The lowest BCUT2D eigenvalue weighted by atomic mass is 9.82. The van der Waals surface area contributed by atoms with E-state index in [1.807, 2.05) is 0 Å². The summed E-state index contributed by atoms with van der Waals surface area (Å²) >= 11 is 5.72. The van der Waals surface area contributed by atoms with Crippen LogP contribution in [0.5, 0.6) is 0 Å². The molecule has 0 bridgehead atoms. The number of halogens is 2. The lowest BCUT2D eigenvalue weighted by molar-refractivity contribution is 0.0892. The molecule has 1 aliphatic carbocycles.